The van der Waals surface area contributed by atoms with Crippen LogP contribution in [-0.2, 0) is 23.9 Å². The highest BCUT2D eigenvalue weighted by atomic mass is 16.5. The number of carboxylic acids is 1. The molecular formula is C17H30O6. The van der Waals surface area contributed by atoms with Crippen LogP contribution in [0.25, 0.3) is 0 Å². The Morgan fingerprint density at radius 1 is 1.00 bits per heavy atom. The normalized spacial score (nSPS) is 13.2. The van der Waals surface area contributed by atoms with Crippen LogP contribution in [0.4, 0.5) is 0 Å². The van der Waals surface area contributed by atoms with E-state index in [4.69, 9.17) is 14.6 Å². The molecule has 6 heteroatoms. The molecule has 0 amide bonds. The van der Waals surface area contributed by atoms with E-state index in [1.165, 1.54) is 0 Å². The highest BCUT2D eigenvalue weighted by Crippen LogP contribution is 2.15. The Kier molecular flexibility index (Phi) is 12.0. The SMILES string of the molecule is CCCCCC(CC(=O)OCCCOC(=O)C(C)CC)C(=O)O. The number of hydrogen-bond donors (Lipinski definition) is 1. The first-order valence-corrected chi connectivity index (χ1v) is 8.47. The summed E-state index contributed by atoms with van der Waals surface area (Å²) >= 11 is 0. The summed E-state index contributed by atoms with van der Waals surface area (Å²) in [5.41, 5.74) is 0. The number of hydrogen-bond acceptors (Lipinski definition) is 5. The third-order valence-corrected chi connectivity index (χ3v) is 3.73. The minimum Gasteiger partial charge on any atom is -0.481 e. The van der Waals surface area contributed by atoms with Crippen molar-refractivity contribution in [3.8, 4) is 0 Å². The number of aliphatic carboxylic acids is 1. The van der Waals surface area contributed by atoms with Crippen LogP contribution in [0, 0.1) is 11.8 Å². The number of ether oxygens (including phenoxy) is 2. The second-order valence-corrected chi connectivity index (χ2v) is 5.79. The Morgan fingerprint density at radius 2 is 1.65 bits per heavy atom. The van der Waals surface area contributed by atoms with E-state index in [0.29, 0.717) is 12.8 Å². The molecule has 0 heterocycles. The van der Waals surface area contributed by atoms with Gasteiger partial charge in [0, 0.05) is 6.42 Å². The number of esters is 2. The predicted octanol–water partition coefficient (Wildman–Crippen LogP) is 3.18. The van der Waals surface area contributed by atoms with Gasteiger partial charge in [-0.3, -0.25) is 14.4 Å². The maximum absolute atomic E-state index is 11.6. The summed E-state index contributed by atoms with van der Waals surface area (Å²) in [4.78, 5) is 34.2. The van der Waals surface area contributed by atoms with Gasteiger partial charge in [-0.25, -0.2) is 0 Å². The first-order valence-electron chi connectivity index (χ1n) is 8.47. The molecule has 134 valence electrons. The Hall–Kier alpha value is -1.59. The number of rotatable bonds is 13. The lowest BCUT2D eigenvalue weighted by molar-refractivity contribution is -0.153. The van der Waals surface area contributed by atoms with Crippen LogP contribution in [0.2, 0.25) is 0 Å². The summed E-state index contributed by atoms with van der Waals surface area (Å²) in [6.07, 6.45) is 4.29. The second kappa shape index (κ2) is 12.9. The highest BCUT2D eigenvalue weighted by Gasteiger charge is 2.21. The summed E-state index contributed by atoms with van der Waals surface area (Å²) in [6, 6.07) is 0. The van der Waals surface area contributed by atoms with Crippen LogP contribution >= 0.6 is 0 Å². The van der Waals surface area contributed by atoms with Crippen molar-refractivity contribution in [3.63, 3.8) is 0 Å². The number of carboxylic acid groups (broad SMARTS) is 1. The minimum absolute atomic E-state index is 0.105. The van der Waals surface area contributed by atoms with Gasteiger partial charge in [0.25, 0.3) is 0 Å². The maximum Gasteiger partial charge on any atom is 0.308 e. The number of carbonyl (C=O) groups is 3. The van der Waals surface area contributed by atoms with Crippen LogP contribution in [-0.4, -0.2) is 36.2 Å². The molecule has 1 N–H and O–H groups in total. The van der Waals surface area contributed by atoms with Crippen LogP contribution < -0.4 is 0 Å². The summed E-state index contributed by atoms with van der Waals surface area (Å²) in [5.74, 6) is -2.53. The summed E-state index contributed by atoms with van der Waals surface area (Å²) in [7, 11) is 0. The molecule has 2 atom stereocenters. The summed E-state index contributed by atoms with van der Waals surface area (Å²) < 4.78 is 10.0. The van der Waals surface area contributed by atoms with Crippen molar-refractivity contribution in [1.29, 1.82) is 0 Å². The fourth-order valence-electron chi connectivity index (χ4n) is 1.94. The van der Waals surface area contributed by atoms with Gasteiger partial charge in [0.15, 0.2) is 0 Å². The fraction of sp³-hybridized carbons (Fsp3) is 0.824. The molecule has 0 aromatic rings. The lowest BCUT2D eigenvalue weighted by Crippen LogP contribution is -2.20. The van der Waals surface area contributed by atoms with Crippen molar-refractivity contribution in [3.05, 3.63) is 0 Å². The number of carbonyl (C=O) groups excluding carboxylic acids is 2. The van der Waals surface area contributed by atoms with E-state index in [1.54, 1.807) is 6.92 Å². The average Bonchev–Trinajstić information content (AvgIpc) is 2.52. The van der Waals surface area contributed by atoms with Gasteiger partial charge in [-0.15, -0.1) is 0 Å². The topological polar surface area (TPSA) is 89.9 Å². The first kappa shape index (κ1) is 21.4. The van der Waals surface area contributed by atoms with Gasteiger partial charge in [-0.1, -0.05) is 40.0 Å². The number of unbranched alkanes of at least 4 members (excludes halogenated alkanes) is 2. The van der Waals surface area contributed by atoms with Crippen LogP contribution in [0.1, 0.15) is 65.7 Å². The van der Waals surface area contributed by atoms with E-state index in [-0.39, 0.29) is 31.5 Å². The largest absolute Gasteiger partial charge is 0.481 e. The van der Waals surface area contributed by atoms with E-state index in [1.807, 2.05) is 13.8 Å². The molecule has 23 heavy (non-hydrogen) atoms. The summed E-state index contributed by atoms with van der Waals surface area (Å²) in [6.45, 7) is 6.08. The van der Waals surface area contributed by atoms with Gasteiger partial charge in [0.05, 0.1) is 31.5 Å². The molecule has 0 fully saturated rings. The van der Waals surface area contributed by atoms with Crippen molar-refractivity contribution in [1.82, 2.24) is 0 Å². The lowest BCUT2D eigenvalue weighted by Gasteiger charge is -2.12. The Labute approximate surface area is 138 Å². The Bertz CT molecular complexity index is 366. The van der Waals surface area contributed by atoms with Gasteiger partial charge in [-0.2, -0.15) is 0 Å². The third kappa shape index (κ3) is 10.7. The lowest BCUT2D eigenvalue weighted by atomic mass is 9.98. The van der Waals surface area contributed by atoms with E-state index >= 15 is 0 Å². The van der Waals surface area contributed by atoms with Gasteiger partial charge in [-0.05, 0) is 12.8 Å². The van der Waals surface area contributed by atoms with Crippen LogP contribution in [0.5, 0.6) is 0 Å². The van der Waals surface area contributed by atoms with E-state index in [2.05, 4.69) is 0 Å². The molecule has 0 saturated carbocycles. The molecule has 0 saturated heterocycles. The van der Waals surface area contributed by atoms with E-state index < -0.39 is 17.9 Å². The molecule has 0 aliphatic heterocycles. The molecule has 6 nitrogen and oxygen atoms in total. The fourth-order valence-corrected chi connectivity index (χ4v) is 1.94. The molecule has 0 aliphatic rings. The van der Waals surface area contributed by atoms with Crippen LogP contribution in [0.15, 0.2) is 0 Å². The standard InChI is InChI=1S/C17H30O6/c1-4-6-7-9-14(16(19)20)12-15(18)22-10-8-11-23-17(21)13(3)5-2/h13-14H,4-12H2,1-3H3,(H,19,20). The van der Waals surface area contributed by atoms with Crippen molar-refractivity contribution in [2.24, 2.45) is 11.8 Å². The molecule has 0 aromatic heterocycles. The van der Waals surface area contributed by atoms with Crippen molar-refractivity contribution in [2.75, 3.05) is 13.2 Å². The molecule has 0 aliphatic carbocycles. The quantitative estimate of drug-likeness (QED) is 0.412. The monoisotopic (exact) mass is 330 g/mol. The second-order valence-electron chi connectivity index (χ2n) is 5.79. The predicted molar refractivity (Wildman–Crippen MR) is 85.9 cm³/mol. The zero-order valence-electron chi connectivity index (χ0n) is 14.5. The van der Waals surface area contributed by atoms with Crippen molar-refractivity contribution >= 4 is 17.9 Å². The Morgan fingerprint density at radius 3 is 2.22 bits per heavy atom. The van der Waals surface area contributed by atoms with E-state index in [0.717, 1.165) is 25.7 Å². The van der Waals surface area contributed by atoms with Crippen molar-refractivity contribution < 1.29 is 29.0 Å². The third-order valence-electron chi connectivity index (χ3n) is 3.73. The van der Waals surface area contributed by atoms with Gasteiger partial charge in [0.1, 0.15) is 0 Å². The Balaban J connectivity index is 3.87. The molecule has 0 aromatic carbocycles. The first-order chi connectivity index (χ1) is 10.9. The van der Waals surface area contributed by atoms with E-state index in [9.17, 15) is 14.4 Å². The van der Waals surface area contributed by atoms with Crippen LogP contribution in [0.3, 0.4) is 0 Å². The zero-order chi connectivity index (χ0) is 17.7. The molecular weight excluding hydrogens is 300 g/mol. The van der Waals surface area contributed by atoms with Gasteiger partial charge >= 0.3 is 17.9 Å². The molecule has 0 rings (SSSR count). The molecule has 2 unspecified atom stereocenters. The highest BCUT2D eigenvalue weighted by molar-refractivity contribution is 5.78. The molecule has 0 spiro atoms. The summed E-state index contributed by atoms with van der Waals surface area (Å²) in [5, 5.41) is 9.10. The molecule has 0 bridgehead atoms. The average molecular weight is 330 g/mol. The zero-order valence-corrected chi connectivity index (χ0v) is 14.5. The van der Waals surface area contributed by atoms with Crippen molar-refractivity contribution in [2.45, 2.75) is 65.7 Å². The maximum atomic E-state index is 11.6. The smallest absolute Gasteiger partial charge is 0.308 e. The minimum atomic E-state index is -0.958. The van der Waals surface area contributed by atoms with Gasteiger partial charge in [0.2, 0.25) is 0 Å². The van der Waals surface area contributed by atoms with Gasteiger partial charge < -0.3 is 14.6 Å². The molecule has 0 radical (unpaired) electrons.